The zero-order valence-electron chi connectivity index (χ0n) is 24.4. The van der Waals surface area contributed by atoms with Gasteiger partial charge in [0.15, 0.2) is 47.9 Å². The number of primary amides is 1. The SMILES string of the molecule is NC(=O)C1C=[N+](C2OC(COP(=O)(O)OP(=O)(O)OCC3OC(n4cnc5c(N)ncnc54)C(OP(=O)(O)O)C3O)C(O)C2O)C=CC1=O. The minimum Gasteiger partial charge on any atom is -0.387 e. The number of imidazole rings is 1. The number of nitrogens with two attached hydrogens (primary N) is 2. The van der Waals surface area contributed by atoms with Crippen molar-refractivity contribution < 1.29 is 90.1 Å². The summed E-state index contributed by atoms with van der Waals surface area (Å²) in [5.41, 5.74) is 11.0. The van der Waals surface area contributed by atoms with E-state index in [-0.39, 0.29) is 17.0 Å². The number of fused-ring (bicyclic) bond motifs is 1. The maximum absolute atomic E-state index is 12.6. The van der Waals surface area contributed by atoms with Gasteiger partial charge < -0.3 is 55.8 Å². The molecule has 0 spiro atoms. The largest absolute Gasteiger partial charge is 0.481 e. The molecule has 1 amide bonds. The highest BCUT2D eigenvalue weighted by Crippen LogP contribution is 2.61. The second kappa shape index (κ2) is 14.0. The van der Waals surface area contributed by atoms with E-state index in [0.29, 0.717) is 0 Å². The number of aromatic nitrogens is 4. The summed E-state index contributed by atoms with van der Waals surface area (Å²) in [6.45, 7) is -2.11. The van der Waals surface area contributed by atoms with Gasteiger partial charge in [0.1, 0.15) is 42.4 Å². The third kappa shape index (κ3) is 8.35. The Bertz CT molecular complexity index is 1820. The van der Waals surface area contributed by atoms with Crippen LogP contribution in [-0.2, 0) is 50.6 Å². The van der Waals surface area contributed by atoms with Crippen LogP contribution >= 0.6 is 23.5 Å². The number of amides is 1. The maximum Gasteiger partial charge on any atom is 0.481 e. The molecule has 11 N–H and O–H groups in total. The van der Waals surface area contributed by atoms with Crippen molar-refractivity contribution in [1.29, 1.82) is 0 Å². The lowest BCUT2D eigenvalue weighted by Crippen LogP contribution is -2.42. The Kier molecular flexibility index (Phi) is 10.7. The molecule has 5 rings (SSSR count). The highest BCUT2D eigenvalue weighted by atomic mass is 31.3. The molecule has 0 radical (unpaired) electrons. The molecule has 0 bridgehead atoms. The van der Waals surface area contributed by atoms with Gasteiger partial charge in [0, 0.05) is 6.08 Å². The maximum atomic E-state index is 12.6. The van der Waals surface area contributed by atoms with Gasteiger partial charge in [-0.05, 0) is 0 Å². The molecule has 11 atom stereocenters. The van der Waals surface area contributed by atoms with Gasteiger partial charge in [-0.3, -0.25) is 27.7 Å². The first-order valence-corrected chi connectivity index (χ1v) is 18.1. The normalized spacial score (nSPS) is 33.0. The molecule has 3 aliphatic heterocycles. The Hall–Kier alpha value is -2.93. The zero-order valence-corrected chi connectivity index (χ0v) is 27.0. The Morgan fingerprint density at radius 3 is 2.20 bits per heavy atom. The van der Waals surface area contributed by atoms with Crippen LogP contribution in [-0.4, -0.2) is 133 Å². The minimum atomic E-state index is -5.55. The number of nitrogen functional groups attached to an aromatic ring is 1. The molecule has 0 aromatic carbocycles. The number of hydrogen-bond acceptors (Lipinski definition) is 18. The average Bonchev–Trinajstić information content (AvgIpc) is 3.64. The number of carbonyl (C=O) groups is 2. The standard InChI is InChI=1S/C21H28N7O18P3/c22-17-12-19(25-6-24-17)28(7-26-12)21-16(45-47(34,35)36)14(31)11(44-21)5-42-49(39,40)46-48(37,38)41-4-10-13(30)15(32)20(43-10)27-2-1-9(29)8(3-27)18(23)33/h1-3,6-8,10-11,13-16,20-21,30-32H,4-5H2,(H7-,22,23,24,25,33,34,35,36,37,38,39,40)/p+1. The minimum absolute atomic E-state index is 0.00852. The molecule has 2 saturated heterocycles. The van der Waals surface area contributed by atoms with Crippen LogP contribution in [0.5, 0.6) is 0 Å². The predicted octanol–water partition coefficient (Wildman–Crippen LogP) is -3.88. The smallest absolute Gasteiger partial charge is 0.387 e. The van der Waals surface area contributed by atoms with E-state index in [9.17, 15) is 58.2 Å². The predicted molar refractivity (Wildman–Crippen MR) is 153 cm³/mol. The van der Waals surface area contributed by atoms with E-state index >= 15 is 0 Å². The fraction of sp³-hybridized carbons (Fsp3) is 0.524. The summed E-state index contributed by atoms with van der Waals surface area (Å²) in [6, 6.07) is 0. The van der Waals surface area contributed by atoms with Gasteiger partial charge in [0.2, 0.25) is 5.91 Å². The highest BCUT2D eigenvalue weighted by Gasteiger charge is 2.52. The number of rotatable bonds is 13. The molecule has 11 unspecified atom stereocenters. The number of ketones is 1. The van der Waals surface area contributed by atoms with Crippen LogP contribution in [0, 0.1) is 5.92 Å². The number of aliphatic hydroxyl groups excluding tert-OH is 3. The monoisotopic (exact) mass is 760 g/mol. The van der Waals surface area contributed by atoms with Crippen molar-refractivity contribution >= 4 is 58.4 Å². The number of allylic oxidation sites excluding steroid dienone is 1. The molecule has 0 saturated carbocycles. The number of phosphoric ester groups is 3. The van der Waals surface area contributed by atoms with Crippen LogP contribution in [0.4, 0.5) is 5.82 Å². The molecule has 25 nitrogen and oxygen atoms in total. The number of phosphoric acid groups is 3. The second-order valence-corrected chi connectivity index (χ2v) is 14.8. The Morgan fingerprint density at radius 1 is 0.959 bits per heavy atom. The van der Waals surface area contributed by atoms with Gasteiger partial charge in [-0.2, -0.15) is 8.89 Å². The lowest BCUT2D eigenvalue weighted by atomic mass is 10.0. The first-order chi connectivity index (χ1) is 22.8. The van der Waals surface area contributed by atoms with E-state index in [0.717, 1.165) is 40.3 Å². The van der Waals surface area contributed by atoms with Crippen molar-refractivity contribution in [3.05, 3.63) is 24.9 Å². The lowest BCUT2D eigenvalue weighted by Gasteiger charge is -2.22. The summed E-state index contributed by atoms with van der Waals surface area (Å²) < 4.78 is 68.1. The van der Waals surface area contributed by atoms with Crippen LogP contribution in [0.2, 0.25) is 0 Å². The second-order valence-electron chi connectivity index (χ2n) is 10.6. The molecule has 2 fully saturated rings. The van der Waals surface area contributed by atoms with E-state index in [1.165, 1.54) is 0 Å². The Morgan fingerprint density at radius 2 is 1.59 bits per heavy atom. The summed E-state index contributed by atoms with van der Waals surface area (Å²) >= 11 is 0. The van der Waals surface area contributed by atoms with Crippen molar-refractivity contribution in [3.63, 3.8) is 0 Å². The number of ether oxygens (including phenoxy) is 2. The summed E-state index contributed by atoms with van der Waals surface area (Å²) in [5, 5.41) is 31.5. The average molecular weight is 760 g/mol. The van der Waals surface area contributed by atoms with Gasteiger partial charge in [0.05, 0.1) is 19.5 Å². The number of anilines is 1. The van der Waals surface area contributed by atoms with Gasteiger partial charge >= 0.3 is 23.5 Å². The van der Waals surface area contributed by atoms with Crippen molar-refractivity contribution in [3.8, 4) is 0 Å². The molecule has 5 heterocycles. The molecule has 0 aliphatic carbocycles. The highest BCUT2D eigenvalue weighted by molar-refractivity contribution is 7.61. The topological polar surface area (TPSA) is 381 Å². The van der Waals surface area contributed by atoms with Crippen molar-refractivity contribution in [1.82, 2.24) is 19.5 Å². The van der Waals surface area contributed by atoms with Crippen LogP contribution < -0.4 is 11.5 Å². The number of hydrogen-bond donors (Lipinski definition) is 9. The van der Waals surface area contributed by atoms with Crippen LogP contribution in [0.1, 0.15) is 6.23 Å². The summed E-state index contributed by atoms with van der Waals surface area (Å²) in [5.74, 6) is -3.12. The first-order valence-electron chi connectivity index (χ1n) is 13.6. The fourth-order valence-electron chi connectivity index (χ4n) is 4.98. The fourth-order valence-corrected chi connectivity index (χ4v) is 7.61. The van der Waals surface area contributed by atoms with E-state index in [4.69, 9.17) is 20.9 Å². The van der Waals surface area contributed by atoms with Crippen LogP contribution in [0.25, 0.3) is 11.2 Å². The van der Waals surface area contributed by atoms with Crippen LogP contribution in [0.15, 0.2) is 24.9 Å². The Labute approximate surface area is 272 Å². The molecular formula is C21H29N7O18P3+. The summed E-state index contributed by atoms with van der Waals surface area (Å²) in [7, 11) is -16.4. The van der Waals surface area contributed by atoms with Gasteiger partial charge in [-0.25, -0.2) is 28.6 Å². The van der Waals surface area contributed by atoms with Crippen molar-refractivity contribution in [2.75, 3.05) is 18.9 Å². The van der Waals surface area contributed by atoms with E-state index in [1.807, 2.05) is 0 Å². The van der Waals surface area contributed by atoms with Crippen molar-refractivity contribution in [2.45, 2.75) is 49.1 Å². The molecule has 270 valence electrons. The molecule has 28 heteroatoms. The number of carbonyl (C=O) groups excluding carboxylic acids is 2. The summed E-state index contributed by atoms with van der Waals surface area (Å²) in [4.78, 5) is 74.0. The third-order valence-electron chi connectivity index (χ3n) is 7.22. The number of nitrogens with zero attached hydrogens (tertiary/aromatic N) is 5. The molecule has 49 heavy (non-hydrogen) atoms. The van der Waals surface area contributed by atoms with Gasteiger partial charge in [0.25, 0.3) is 6.23 Å². The molecule has 3 aliphatic rings. The lowest BCUT2D eigenvalue weighted by molar-refractivity contribution is -0.560. The van der Waals surface area contributed by atoms with Gasteiger partial charge in [-0.1, -0.05) is 0 Å². The van der Waals surface area contributed by atoms with E-state index < -0.39 is 103 Å². The van der Waals surface area contributed by atoms with Crippen LogP contribution in [0.3, 0.4) is 0 Å². The zero-order chi connectivity index (χ0) is 36.1. The Balaban J connectivity index is 1.20. The number of aliphatic hydroxyl groups is 3. The first kappa shape index (κ1) is 37.3. The van der Waals surface area contributed by atoms with E-state index in [1.54, 1.807) is 0 Å². The third-order valence-corrected chi connectivity index (χ3v) is 10.3. The van der Waals surface area contributed by atoms with Crippen molar-refractivity contribution in [2.24, 2.45) is 11.7 Å². The summed E-state index contributed by atoms with van der Waals surface area (Å²) in [6.07, 6.45) is -8.30. The molecule has 2 aromatic heterocycles. The quantitative estimate of drug-likeness (QED) is 0.0535. The van der Waals surface area contributed by atoms with Gasteiger partial charge in [-0.15, -0.1) is 0 Å². The van der Waals surface area contributed by atoms with E-state index in [2.05, 4.69) is 32.8 Å². The molecule has 2 aromatic rings. The molecular weight excluding hydrogens is 731 g/mol.